The van der Waals surface area contributed by atoms with Gasteiger partial charge in [0.15, 0.2) is 0 Å². The molecule has 0 amide bonds. The van der Waals surface area contributed by atoms with E-state index in [4.69, 9.17) is 10.5 Å². The lowest BCUT2D eigenvalue weighted by Crippen LogP contribution is -2.24. The van der Waals surface area contributed by atoms with Gasteiger partial charge < -0.3 is 10.5 Å². The maximum absolute atomic E-state index is 11.9. The van der Waals surface area contributed by atoms with Crippen LogP contribution in [0.25, 0.3) is 0 Å². The van der Waals surface area contributed by atoms with E-state index in [9.17, 15) is 4.21 Å². The molecule has 1 saturated carbocycles. The first-order chi connectivity index (χ1) is 6.75. The van der Waals surface area contributed by atoms with Crippen molar-refractivity contribution in [3.8, 4) is 0 Å². The van der Waals surface area contributed by atoms with Crippen molar-refractivity contribution in [3.05, 3.63) is 0 Å². The van der Waals surface area contributed by atoms with Crippen LogP contribution in [0.3, 0.4) is 0 Å². The molecular formula is C10H19NO2S. The molecule has 3 nitrogen and oxygen atoms in total. The van der Waals surface area contributed by atoms with E-state index >= 15 is 0 Å². The Morgan fingerprint density at radius 3 is 2.79 bits per heavy atom. The van der Waals surface area contributed by atoms with E-state index in [1.807, 2.05) is 0 Å². The minimum Gasteiger partial charge on any atom is -0.377 e. The van der Waals surface area contributed by atoms with Crippen LogP contribution in [0, 0.1) is 0 Å². The van der Waals surface area contributed by atoms with E-state index in [0.717, 1.165) is 44.5 Å². The molecule has 0 spiro atoms. The third-order valence-corrected chi connectivity index (χ3v) is 5.04. The van der Waals surface area contributed by atoms with Crippen LogP contribution in [-0.2, 0) is 15.5 Å². The molecular weight excluding hydrogens is 198 g/mol. The Labute approximate surface area is 87.8 Å². The Morgan fingerprint density at radius 1 is 1.36 bits per heavy atom. The lowest BCUT2D eigenvalue weighted by molar-refractivity contribution is 0.128. The van der Waals surface area contributed by atoms with Gasteiger partial charge in [0, 0.05) is 28.7 Å². The molecule has 4 atom stereocenters. The van der Waals surface area contributed by atoms with Gasteiger partial charge in [0.2, 0.25) is 0 Å². The summed E-state index contributed by atoms with van der Waals surface area (Å²) in [4.78, 5) is 0. The van der Waals surface area contributed by atoms with Gasteiger partial charge in [-0.25, -0.2) is 0 Å². The molecule has 1 aliphatic carbocycles. The van der Waals surface area contributed by atoms with Gasteiger partial charge in [0.1, 0.15) is 0 Å². The van der Waals surface area contributed by atoms with E-state index < -0.39 is 10.8 Å². The number of ether oxygens (including phenoxy) is 1. The van der Waals surface area contributed by atoms with Gasteiger partial charge in [-0.15, -0.1) is 0 Å². The van der Waals surface area contributed by atoms with Crippen molar-refractivity contribution >= 4 is 10.8 Å². The fourth-order valence-electron chi connectivity index (χ4n) is 2.31. The number of nitrogens with two attached hydrogens (primary N) is 1. The van der Waals surface area contributed by atoms with Gasteiger partial charge in [-0.3, -0.25) is 4.21 Å². The Kier molecular flexibility index (Phi) is 3.57. The van der Waals surface area contributed by atoms with Crippen LogP contribution in [0.2, 0.25) is 0 Å². The van der Waals surface area contributed by atoms with Crippen molar-refractivity contribution in [1.82, 2.24) is 0 Å². The first-order valence-electron chi connectivity index (χ1n) is 5.50. The molecule has 2 N–H and O–H groups in total. The van der Waals surface area contributed by atoms with Gasteiger partial charge in [-0.05, 0) is 32.1 Å². The standard InChI is InChI=1S/C10H19NO2S/c11-8-3-4-10(6-8)14(12)7-9-2-1-5-13-9/h8-10H,1-7,11H2. The van der Waals surface area contributed by atoms with Gasteiger partial charge in [-0.1, -0.05) is 0 Å². The molecule has 2 rings (SSSR count). The Morgan fingerprint density at radius 2 is 2.21 bits per heavy atom. The molecule has 14 heavy (non-hydrogen) atoms. The zero-order valence-corrected chi connectivity index (χ0v) is 9.30. The van der Waals surface area contributed by atoms with E-state index in [2.05, 4.69) is 0 Å². The predicted molar refractivity (Wildman–Crippen MR) is 57.6 cm³/mol. The molecule has 2 fully saturated rings. The fourth-order valence-corrected chi connectivity index (χ4v) is 4.07. The summed E-state index contributed by atoms with van der Waals surface area (Å²) in [5.74, 6) is 0.734. The highest BCUT2D eigenvalue weighted by Gasteiger charge is 2.29. The quantitative estimate of drug-likeness (QED) is 0.760. The molecule has 2 aliphatic rings. The summed E-state index contributed by atoms with van der Waals surface area (Å²) in [6, 6.07) is 0.286. The second kappa shape index (κ2) is 4.73. The molecule has 0 radical (unpaired) electrons. The first kappa shape index (κ1) is 10.6. The van der Waals surface area contributed by atoms with Crippen molar-refractivity contribution in [1.29, 1.82) is 0 Å². The molecule has 82 valence electrons. The highest BCUT2D eigenvalue weighted by atomic mass is 32.2. The molecule has 4 unspecified atom stereocenters. The number of hydrogen-bond donors (Lipinski definition) is 1. The lowest BCUT2D eigenvalue weighted by atomic mass is 10.3. The molecule has 0 bridgehead atoms. The van der Waals surface area contributed by atoms with E-state index in [1.54, 1.807) is 0 Å². The fraction of sp³-hybridized carbons (Fsp3) is 1.00. The average molecular weight is 217 g/mol. The van der Waals surface area contributed by atoms with Crippen LogP contribution in [0.5, 0.6) is 0 Å². The highest BCUT2D eigenvalue weighted by Crippen LogP contribution is 2.24. The number of rotatable bonds is 3. The summed E-state index contributed by atoms with van der Waals surface area (Å²) in [6.45, 7) is 0.853. The van der Waals surface area contributed by atoms with Crippen LogP contribution < -0.4 is 5.73 Å². The second-order valence-corrected chi connectivity index (χ2v) is 6.14. The third-order valence-electron chi connectivity index (χ3n) is 3.17. The maximum atomic E-state index is 11.9. The largest absolute Gasteiger partial charge is 0.377 e. The summed E-state index contributed by atoms with van der Waals surface area (Å²) in [7, 11) is -0.711. The Balaban J connectivity index is 1.77. The van der Waals surface area contributed by atoms with Crippen LogP contribution in [-0.4, -0.2) is 34.0 Å². The molecule has 4 heteroatoms. The zero-order valence-electron chi connectivity index (χ0n) is 8.48. The van der Waals surface area contributed by atoms with Gasteiger partial charge in [0.05, 0.1) is 11.9 Å². The number of hydrogen-bond acceptors (Lipinski definition) is 3. The Bertz CT molecular complexity index is 216. The molecule has 0 aromatic heterocycles. The zero-order chi connectivity index (χ0) is 9.97. The maximum Gasteiger partial charge on any atom is 0.0691 e. The topological polar surface area (TPSA) is 52.3 Å². The van der Waals surface area contributed by atoms with Gasteiger partial charge in [-0.2, -0.15) is 0 Å². The Hall–Kier alpha value is 0.0700. The van der Waals surface area contributed by atoms with Crippen molar-refractivity contribution in [2.24, 2.45) is 5.73 Å². The normalized spacial score (nSPS) is 40.2. The average Bonchev–Trinajstić information content (AvgIpc) is 2.75. The predicted octanol–water partition coefficient (Wildman–Crippen LogP) is 0.794. The van der Waals surface area contributed by atoms with Crippen molar-refractivity contribution < 1.29 is 8.95 Å². The molecule has 1 saturated heterocycles. The van der Waals surface area contributed by atoms with Crippen LogP contribution in [0.4, 0.5) is 0 Å². The second-order valence-electron chi connectivity index (χ2n) is 4.38. The van der Waals surface area contributed by atoms with E-state index in [-0.39, 0.29) is 12.1 Å². The summed E-state index contributed by atoms with van der Waals surface area (Å²) >= 11 is 0. The summed E-state index contributed by atoms with van der Waals surface area (Å²) < 4.78 is 17.4. The van der Waals surface area contributed by atoms with Crippen LogP contribution >= 0.6 is 0 Å². The van der Waals surface area contributed by atoms with Crippen LogP contribution in [0.1, 0.15) is 32.1 Å². The summed E-state index contributed by atoms with van der Waals surface area (Å²) in [5.41, 5.74) is 5.81. The minimum atomic E-state index is -0.711. The molecule has 1 heterocycles. The van der Waals surface area contributed by atoms with Gasteiger partial charge in [0.25, 0.3) is 0 Å². The third kappa shape index (κ3) is 2.55. The van der Waals surface area contributed by atoms with Crippen molar-refractivity contribution in [2.45, 2.75) is 49.5 Å². The first-order valence-corrected chi connectivity index (χ1v) is 6.88. The highest BCUT2D eigenvalue weighted by molar-refractivity contribution is 7.85. The van der Waals surface area contributed by atoms with Crippen molar-refractivity contribution in [3.63, 3.8) is 0 Å². The van der Waals surface area contributed by atoms with Crippen molar-refractivity contribution in [2.75, 3.05) is 12.4 Å². The van der Waals surface area contributed by atoms with E-state index in [0.29, 0.717) is 5.25 Å². The SMILES string of the molecule is NC1CCC(S(=O)CC2CCCO2)C1. The lowest BCUT2D eigenvalue weighted by Gasteiger charge is -2.13. The van der Waals surface area contributed by atoms with Crippen LogP contribution in [0.15, 0.2) is 0 Å². The molecule has 0 aromatic carbocycles. The minimum absolute atomic E-state index is 0.257. The monoisotopic (exact) mass is 217 g/mol. The molecule has 0 aromatic rings. The molecule has 1 aliphatic heterocycles. The van der Waals surface area contributed by atoms with Gasteiger partial charge >= 0.3 is 0 Å². The smallest absolute Gasteiger partial charge is 0.0691 e. The van der Waals surface area contributed by atoms with E-state index in [1.165, 1.54) is 0 Å². The summed E-state index contributed by atoms with van der Waals surface area (Å²) in [6.07, 6.45) is 5.51. The summed E-state index contributed by atoms with van der Waals surface area (Å²) in [5, 5.41) is 0.342.